The Morgan fingerprint density at radius 3 is 2.22 bits per heavy atom. The monoisotopic (exact) mass is 457 g/mol. The summed E-state index contributed by atoms with van der Waals surface area (Å²) in [4.78, 5) is 28.9. The molecule has 2 heterocycles. The fourth-order valence-corrected chi connectivity index (χ4v) is 5.58. The summed E-state index contributed by atoms with van der Waals surface area (Å²) in [6.45, 7) is 3.99. The Morgan fingerprint density at radius 2 is 1.59 bits per heavy atom. The van der Waals surface area contributed by atoms with E-state index in [9.17, 15) is 18.0 Å². The third kappa shape index (κ3) is 4.55. The van der Waals surface area contributed by atoms with E-state index in [1.54, 1.807) is 24.3 Å². The number of carbonyl (C=O) groups excluding carboxylic acids is 2. The zero-order valence-electron chi connectivity index (χ0n) is 18.0. The highest BCUT2D eigenvalue weighted by Gasteiger charge is 2.43. The number of carbonyl (C=O) groups is 2. The van der Waals surface area contributed by atoms with E-state index in [1.807, 2.05) is 42.2 Å². The highest BCUT2D eigenvalue weighted by Crippen LogP contribution is 2.25. The van der Waals surface area contributed by atoms with Crippen LogP contribution in [-0.4, -0.2) is 73.2 Å². The molecule has 170 valence electrons. The lowest BCUT2D eigenvalue weighted by atomic mass is 10.2. The average molecular weight is 458 g/mol. The van der Waals surface area contributed by atoms with E-state index in [2.05, 4.69) is 0 Å². The van der Waals surface area contributed by atoms with E-state index in [1.165, 1.54) is 9.21 Å². The second-order valence-electron chi connectivity index (χ2n) is 7.87. The topological polar surface area (TPSA) is 87.2 Å². The van der Waals surface area contributed by atoms with Crippen molar-refractivity contribution >= 4 is 21.8 Å². The van der Waals surface area contributed by atoms with Crippen molar-refractivity contribution in [3.63, 3.8) is 0 Å². The first-order chi connectivity index (χ1) is 15.4. The Morgan fingerprint density at radius 1 is 0.938 bits per heavy atom. The highest BCUT2D eigenvalue weighted by atomic mass is 32.2. The minimum Gasteiger partial charge on any atom is -0.494 e. The van der Waals surface area contributed by atoms with E-state index in [0.29, 0.717) is 25.4 Å². The molecule has 2 aromatic rings. The third-order valence-electron chi connectivity index (χ3n) is 5.89. The number of likely N-dealkylation sites (tertiary alicyclic amines) is 1. The number of imide groups is 1. The molecule has 0 bridgehead atoms. The van der Waals surface area contributed by atoms with Gasteiger partial charge in [0.1, 0.15) is 5.75 Å². The lowest BCUT2D eigenvalue weighted by Gasteiger charge is -2.36. The number of ether oxygens (including phenoxy) is 1. The van der Waals surface area contributed by atoms with Gasteiger partial charge in [0.25, 0.3) is 0 Å². The maximum Gasteiger partial charge on any atom is 0.247 e. The van der Waals surface area contributed by atoms with Crippen molar-refractivity contribution in [3.8, 4) is 5.75 Å². The van der Waals surface area contributed by atoms with E-state index < -0.39 is 16.1 Å². The van der Waals surface area contributed by atoms with Gasteiger partial charge in [-0.2, -0.15) is 4.31 Å². The van der Waals surface area contributed by atoms with Gasteiger partial charge in [0.15, 0.2) is 0 Å². The second-order valence-corrected chi connectivity index (χ2v) is 9.81. The Balaban J connectivity index is 1.38. The molecule has 4 rings (SSSR count). The lowest BCUT2D eigenvalue weighted by molar-refractivity contribution is -0.140. The molecule has 0 unspecified atom stereocenters. The molecule has 0 saturated carbocycles. The van der Waals surface area contributed by atoms with Crippen molar-refractivity contribution in [1.29, 1.82) is 0 Å². The van der Waals surface area contributed by atoms with Gasteiger partial charge in [-0.15, -0.1) is 0 Å². The zero-order valence-corrected chi connectivity index (χ0v) is 18.8. The predicted molar refractivity (Wildman–Crippen MR) is 118 cm³/mol. The number of hydrogen-bond acceptors (Lipinski definition) is 6. The molecule has 1 atom stereocenters. The third-order valence-corrected chi connectivity index (χ3v) is 7.80. The van der Waals surface area contributed by atoms with E-state index in [0.717, 1.165) is 5.56 Å². The molecule has 0 radical (unpaired) electrons. The molecule has 2 aliphatic heterocycles. The Kier molecular flexibility index (Phi) is 6.59. The minimum absolute atomic E-state index is 0.136. The normalized spacial score (nSPS) is 20.7. The van der Waals surface area contributed by atoms with Crippen molar-refractivity contribution < 1.29 is 22.7 Å². The molecule has 0 aliphatic carbocycles. The summed E-state index contributed by atoms with van der Waals surface area (Å²) in [5.74, 6) is 0.232. The van der Waals surface area contributed by atoms with Crippen LogP contribution in [0.5, 0.6) is 5.75 Å². The molecule has 2 fully saturated rings. The van der Waals surface area contributed by atoms with Gasteiger partial charge in [-0.1, -0.05) is 30.3 Å². The van der Waals surface area contributed by atoms with Crippen molar-refractivity contribution in [2.24, 2.45) is 0 Å². The van der Waals surface area contributed by atoms with Crippen LogP contribution in [0.1, 0.15) is 18.9 Å². The average Bonchev–Trinajstić information content (AvgIpc) is 3.09. The summed E-state index contributed by atoms with van der Waals surface area (Å²) in [7, 11) is -3.63. The van der Waals surface area contributed by atoms with Crippen LogP contribution in [0.3, 0.4) is 0 Å². The molecule has 32 heavy (non-hydrogen) atoms. The molecular weight excluding hydrogens is 430 g/mol. The van der Waals surface area contributed by atoms with Gasteiger partial charge in [-0.3, -0.25) is 19.4 Å². The van der Waals surface area contributed by atoms with Crippen LogP contribution >= 0.6 is 0 Å². The summed E-state index contributed by atoms with van der Waals surface area (Å²) in [5.41, 5.74) is 0.904. The quantitative estimate of drug-likeness (QED) is 0.589. The second kappa shape index (κ2) is 9.40. The first-order valence-electron chi connectivity index (χ1n) is 10.8. The number of piperazine rings is 1. The van der Waals surface area contributed by atoms with Crippen molar-refractivity contribution in [3.05, 3.63) is 60.2 Å². The zero-order chi connectivity index (χ0) is 22.7. The smallest absolute Gasteiger partial charge is 0.247 e. The molecule has 9 heteroatoms. The van der Waals surface area contributed by atoms with Crippen LogP contribution < -0.4 is 4.74 Å². The van der Waals surface area contributed by atoms with Crippen LogP contribution in [0.4, 0.5) is 0 Å². The van der Waals surface area contributed by atoms with Crippen LogP contribution in [0.2, 0.25) is 0 Å². The maximum atomic E-state index is 13.0. The Labute approximate surface area is 188 Å². The summed E-state index contributed by atoms with van der Waals surface area (Å²) < 4.78 is 32.8. The summed E-state index contributed by atoms with van der Waals surface area (Å²) in [6.07, 6.45) is 0.136. The summed E-state index contributed by atoms with van der Waals surface area (Å²) in [5, 5.41) is 0. The number of benzene rings is 2. The summed E-state index contributed by atoms with van der Waals surface area (Å²) in [6, 6.07) is 15.3. The van der Waals surface area contributed by atoms with Crippen LogP contribution in [0.25, 0.3) is 0 Å². The van der Waals surface area contributed by atoms with E-state index >= 15 is 0 Å². The number of sulfonamides is 1. The lowest BCUT2D eigenvalue weighted by Crippen LogP contribution is -2.53. The van der Waals surface area contributed by atoms with Crippen molar-refractivity contribution in [2.45, 2.75) is 30.8 Å². The fourth-order valence-electron chi connectivity index (χ4n) is 4.16. The van der Waals surface area contributed by atoms with Gasteiger partial charge in [-0.05, 0) is 36.8 Å². The summed E-state index contributed by atoms with van der Waals surface area (Å²) >= 11 is 0. The fraction of sp³-hybridized carbons (Fsp3) is 0.391. The Hall–Kier alpha value is -2.75. The molecule has 2 aliphatic rings. The van der Waals surface area contributed by atoms with Gasteiger partial charge < -0.3 is 4.74 Å². The van der Waals surface area contributed by atoms with Crippen molar-refractivity contribution in [1.82, 2.24) is 14.1 Å². The van der Waals surface area contributed by atoms with Gasteiger partial charge in [0.05, 0.1) is 30.5 Å². The van der Waals surface area contributed by atoms with Gasteiger partial charge in [0, 0.05) is 26.2 Å². The molecule has 2 amide bonds. The number of hydrogen-bond donors (Lipinski definition) is 0. The molecule has 0 N–H and O–H groups in total. The molecule has 0 aromatic heterocycles. The van der Waals surface area contributed by atoms with Gasteiger partial charge in [0.2, 0.25) is 21.8 Å². The minimum atomic E-state index is -3.63. The highest BCUT2D eigenvalue weighted by molar-refractivity contribution is 7.89. The van der Waals surface area contributed by atoms with Crippen LogP contribution in [0.15, 0.2) is 59.5 Å². The van der Waals surface area contributed by atoms with Crippen LogP contribution in [-0.2, 0) is 26.2 Å². The molecule has 2 aromatic carbocycles. The van der Waals surface area contributed by atoms with Gasteiger partial charge in [-0.25, -0.2) is 8.42 Å². The van der Waals surface area contributed by atoms with E-state index in [4.69, 9.17) is 4.74 Å². The largest absolute Gasteiger partial charge is 0.494 e. The predicted octanol–water partition coefficient (Wildman–Crippen LogP) is 1.72. The molecular formula is C23H27N3O5S. The van der Waals surface area contributed by atoms with E-state index in [-0.39, 0.29) is 42.8 Å². The molecule has 8 nitrogen and oxygen atoms in total. The SMILES string of the molecule is CCOc1ccc(S(=O)(=O)N2CCN([C@@H]3CC(=O)N(Cc4ccccc4)C3=O)CC2)cc1. The maximum absolute atomic E-state index is 13.0. The number of rotatable bonds is 7. The first-order valence-corrected chi connectivity index (χ1v) is 12.2. The molecule has 0 spiro atoms. The van der Waals surface area contributed by atoms with Crippen molar-refractivity contribution in [2.75, 3.05) is 32.8 Å². The first kappa shape index (κ1) is 22.4. The number of amides is 2. The van der Waals surface area contributed by atoms with Crippen LogP contribution in [0, 0.1) is 0 Å². The van der Waals surface area contributed by atoms with Gasteiger partial charge >= 0.3 is 0 Å². The Bertz CT molecular complexity index is 1060. The molecule has 2 saturated heterocycles. The number of nitrogens with zero attached hydrogens (tertiary/aromatic N) is 3. The standard InChI is InChI=1S/C23H27N3O5S/c1-2-31-19-8-10-20(11-9-19)32(29,30)25-14-12-24(13-15-25)21-16-22(27)26(23(21)28)17-18-6-4-3-5-7-18/h3-11,21H,2,12-17H2,1H3/t21-/m1/s1.